The van der Waals surface area contributed by atoms with E-state index >= 15 is 0 Å². The first-order valence-corrected chi connectivity index (χ1v) is 19.0. The minimum atomic E-state index is -0.753. The van der Waals surface area contributed by atoms with Crippen molar-refractivity contribution in [3.63, 3.8) is 0 Å². The average molecular weight is 625 g/mol. The van der Waals surface area contributed by atoms with E-state index in [9.17, 15) is 14.4 Å². The number of esters is 3. The highest BCUT2D eigenvalue weighted by molar-refractivity contribution is 5.71. The Morgan fingerprint density at radius 1 is 0.364 bits per heavy atom. The molecule has 0 aromatic rings. The lowest BCUT2D eigenvalue weighted by Gasteiger charge is -2.18. The highest BCUT2D eigenvalue weighted by Crippen LogP contribution is 2.15. The van der Waals surface area contributed by atoms with Gasteiger partial charge in [0.15, 0.2) is 6.10 Å². The molecule has 0 saturated carbocycles. The number of carbonyl (C=O) groups excluding carboxylic acids is 3. The third kappa shape index (κ3) is 31.8. The molecule has 0 unspecified atom stereocenters. The molecule has 260 valence electrons. The second-order valence-corrected chi connectivity index (χ2v) is 12.9. The van der Waals surface area contributed by atoms with Gasteiger partial charge in [0.05, 0.1) is 0 Å². The van der Waals surface area contributed by atoms with Crippen LogP contribution in [0.4, 0.5) is 0 Å². The van der Waals surface area contributed by atoms with Gasteiger partial charge in [-0.15, -0.1) is 0 Å². The summed E-state index contributed by atoms with van der Waals surface area (Å²) in [5, 5.41) is 0. The van der Waals surface area contributed by atoms with E-state index in [0.717, 1.165) is 70.6 Å². The summed E-state index contributed by atoms with van der Waals surface area (Å²) in [6.45, 7) is 6.46. The number of carbonyl (C=O) groups is 3. The Labute approximate surface area is 272 Å². The largest absolute Gasteiger partial charge is 0.462 e. The van der Waals surface area contributed by atoms with Gasteiger partial charge in [-0.05, 0) is 19.3 Å². The van der Waals surface area contributed by atoms with Crippen LogP contribution in [0.2, 0.25) is 0 Å². The third-order valence-electron chi connectivity index (χ3n) is 8.36. The van der Waals surface area contributed by atoms with E-state index in [1.807, 2.05) is 0 Å². The highest BCUT2D eigenvalue weighted by atomic mass is 16.6. The summed E-state index contributed by atoms with van der Waals surface area (Å²) in [4.78, 5) is 36.9. The average Bonchev–Trinajstić information content (AvgIpc) is 3.01. The topological polar surface area (TPSA) is 78.9 Å². The molecule has 0 aliphatic rings. The predicted molar refractivity (Wildman–Crippen MR) is 183 cm³/mol. The SMILES string of the molecule is CCCCCCCCCCCCCCCCCCC(=O)OC[C@H](COC(=O)CCCCCCC)OC(=O)CCCCCCC. The summed E-state index contributed by atoms with van der Waals surface area (Å²) in [6, 6.07) is 0. The number of hydrogen-bond acceptors (Lipinski definition) is 6. The van der Waals surface area contributed by atoms with E-state index < -0.39 is 6.10 Å². The van der Waals surface area contributed by atoms with E-state index in [-0.39, 0.29) is 31.1 Å². The molecule has 1 atom stereocenters. The van der Waals surface area contributed by atoms with Crippen LogP contribution in [0.15, 0.2) is 0 Å². The highest BCUT2D eigenvalue weighted by Gasteiger charge is 2.19. The zero-order valence-electron chi connectivity index (χ0n) is 29.4. The molecule has 0 radical (unpaired) electrons. The molecule has 6 heteroatoms. The molecular formula is C38H72O6. The molecule has 6 nitrogen and oxygen atoms in total. The van der Waals surface area contributed by atoms with Gasteiger partial charge >= 0.3 is 17.9 Å². The maximum atomic E-state index is 12.4. The van der Waals surface area contributed by atoms with Crippen LogP contribution >= 0.6 is 0 Å². The lowest BCUT2D eigenvalue weighted by atomic mass is 10.0. The standard InChI is InChI=1S/C38H72O6/c1-4-7-10-13-14-15-16-17-18-19-20-21-22-23-26-28-31-37(40)43-34-35(44-38(41)32-29-25-12-9-6-3)33-42-36(39)30-27-24-11-8-5-2/h35H,4-34H2,1-3H3/t35-/m0/s1. The van der Waals surface area contributed by atoms with Gasteiger partial charge in [-0.1, -0.05) is 168 Å². The molecule has 0 rings (SSSR count). The molecular weight excluding hydrogens is 552 g/mol. The Bertz CT molecular complexity index is 649. The summed E-state index contributed by atoms with van der Waals surface area (Å²) in [5.41, 5.74) is 0. The normalized spacial score (nSPS) is 11.8. The summed E-state index contributed by atoms with van der Waals surface area (Å²) in [5.74, 6) is -0.893. The fraction of sp³-hybridized carbons (Fsp3) is 0.921. The molecule has 0 N–H and O–H groups in total. The number of unbranched alkanes of at least 4 members (excludes halogenated alkanes) is 23. The van der Waals surface area contributed by atoms with Crippen LogP contribution in [0, 0.1) is 0 Å². The van der Waals surface area contributed by atoms with Gasteiger partial charge in [-0.3, -0.25) is 14.4 Å². The molecule has 0 bridgehead atoms. The summed E-state index contributed by atoms with van der Waals surface area (Å²) in [6.07, 6.45) is 31.5. The minimum absolute atomic E-state index is 0.0664. The van der Waals surface area contributed by atoms with Crippen molar-refractivity contribution in [2.75, 3.05) is 13.2 Å². The number of ether oxygens (including phenoxy) is 3. The molecule has 0 heterocycles. The molecule has 0 amide bonds. The summed E-state index contributed by atoms with van der Waals surface area (Å²) < 4.78 is 16.4. The van der Waals surface area contributed by atoms with Gasteiger partial charge < -0.3 is 14.2 Å². The van der Waals surface area contributed by atoms with Crippen LogP contribution < -0.4 is 0 Å². The molecule has 0 fully saturated rings. The molecule has 0 aliphatic carbocycles. The lowest BCUT2D eigenvalue weighted by molar-refractivity contribution is -0.167. The van der Waals surface area contributed by atoms with Crippen molar-refractivity contribution in [3.8, 4) is 0 Å². The van der Waals surface area contributed by atoms with E-state index in [4.69, 9.17) is 14.2 Å². The molecule has 0 aromatic heterocycles. The first kappa shape index (κ1) is 42.4. The minimum Gasteiger partial charge on any atom is -0.462 e. The van der Waals surface area contributed by atoms with Gasteiger partial charge in [0, 0.05) is 19.3 Å². The van der Waals surface area contributed by atoms with E-state index in [2.05, 4.69) is 20.8 Å². The zero-order valence-corrected chi connectivity index (χ0v) is 29.4. The third-order valence-corrected chi connectivity index (χ3v) is 8.36. The van der Waals surface area contributed by atoms with Crippen LogP contribution in [0.3, 0.4) is 0 Å². The molecule has 0 aromatic carbocycles. The smallest absolute Gasteiger partial charge is 0.306 e. The Kier molecular flexibility index (Phi) is 33.0. The van der Waals surface area contributed by atoms with Crippen LogP contribution in [0.1, 0.15) is 207 Å². The summed E-state index contributed by atoms with van der Waals surface area (Å²) >= 11 is 0. The lowest BCUT2D eigenvalue weighted by Crippen LogP contribution is -2.30. The van der Waals surface area contributed by atoms with Crippen molar-refractivity contribution >= 4 is 17.9 Å². The van der Waals surface area contributed by atoms with Gasteiger partial charge in [-0.2, -0.15) is 0 Å². The first-order valence-electron chi connectivity index (χ1n) is 19.0. The molecule has 0 saturated heterocycles. The van der Waals surface area contributed by atoms with Gasteiger partial charge in [0.2, 0.25) is 0 Å². The first-order chi connectivity index (χ1) is 21.5. The van der Waals surface area contributed by atoms with Crippen molar-refractivity contribution in [1.82, 2.24) is 0 Å². The van der Waals surface area contributed by atoms with Crippen molar-refractivity contribution in [2.24, 2.45) is 0 Å². The second kappa shape index (κ2) is 34.3. The van der Waals surface area contributed by atoms with E-state index in [0.29, 0.717) is 19.3 Å². The van der Waals surface area contributed by atoms with Crippen LogP contribution in [-0.4, -0.2) is 37.2 Å². The van der Waals surface area contributed by atoms with Gasteiger partial charge in [0.25, 0.3) is 0 Å². The van der Waals surface area contributed by atoms with Gasteiger partial charge in [-0.25, -0.2) is 0 Å². The van der Waals surface area contributed by atoms with Crippen molar-refractivity contribution in [2.45, 2.75) is 213 Å². The predicted octanol–water partition coefficient (Wildman–Crippen LogP) is 11.4. The van der Waals surface area contributed by atoms with Crippen LogP contribution in [0.5, 0.6) is 0 Å². The summed E-state index contributed by atoms with van der Waals surface area (Å²) in [7, 11) is 0. The Morgan fingerprint density at radius 3 is 0.909 bits per heavy atom. The van der Waals surface area contributed by atoms with Crippen LogP contribution in [0.25, 0.3) is 0 Å². The van der Waals surface area contributed by atoms with E-state index in [1.165, 1.54) is 96.3 Å². The molecule has 0 spiro atoms. The maximum Gasteiger partial charge on any atom is 0.306 e. The van der Waals surface area contributed by atoms with E-state index in [1.54, 1.807) is 0 Å². The Balaban J connectivity index is 4.06. The van der Waals surface area contributed by atoms with Crippen molar-refractivity contribution in [3.05, 3.63) is 0 Å². The zero-order chi connectivity index (χ0) is 32.4. The second-order valence-electron chi connectivity index (χ2n) is 12.9. The van der Waals surface area contributed by atoms with Crippen molar-refractivity contribution < 1.29 is 28.6 Å². The quantitative estimate of drug-likeness (QED) is 0.0402. The Hall–Kier alpha value is -1.59. The maximum absolute atomic E-state index is 12.4. The fourth-order valence-electron chi connectivity index (χ4n) is 5.44. The Morgan fingerprint density at radius 2 is 0.614 bits per heavy atom. The fourth-order valence-corrected chi connectivity index (χ4v) is 5.44. The number of hydrogen-bond donors (Lipinski definition) is 0. The van der Waals surface area contributed by atoms with Crippen LogP contribution in [-0.2, 0) is 28.6 Å². The van der Waals surface area contributed by atoms with Crippen molar-refractivity contribution in [1.29, 1.82) is 0 Å². The van der Waals surface area contributed by atoms with Gasteiger partial charge in [0.1, 0.15) is 13.2 Å². The molecule has 44 heavy (non-hydrogen) atoms. The number of rotatable bonds is 34. The monoisotopic (exact) mass is 625 g/mol. The molecule has 0 aliphatic heterocycles.